The van der Waals surface area contributed by atoms with Gasteiger partial charge in [-0.05, 0) is 69.5 Å². The van der Waals surface area contributed by atoms with Crippen LogP contribution in [0.25, 0.3) is 16.9 Å². The minimum Gasteiger partial charge on any atom is -0.362 e. The van der Waals surface area contributed by atoms with E-state index in [9.17, 15) is 4.39 Å². The largest absolute Gasteiger partial charge is 0.362 e. The molecule has 2 aromatic carbocycles. The van der Waals surface area contributed by atoms with Crippen LogP contribution in [0.3, 0.4) is 0 Å². The lowest BCUT2D eigenvalue weighted by Gasteiger charge is -2.15. The van der Waals surface area contributed by atoms with Gasteiger partial charge in [-0.2, -0.15) is 0 Å². The number of hydrogen-bond donors (Lipinski definition) is 2. The van der Waals surface area contributed by atoms with E-state index in [1.807, 2.05) is 35.8 Å². The highest BCUT2D eigenvalue weighted by Crippen LogP contribution is 2.23. The van der Waals surface area contributed by atoms with Crippen molar-refractivity contribution in [2.45, 2.75) is 52.1 Å². The molecule has 33 heavy (non-hydrogen) atoms. The van der Waals surface area contributed by atoms with Crippen molar-refractivity contribution in [2.24, 2.45) is 0 Å². The second-order valence-electron chi connectivity index (χ2n) is 8.65. The van der Waals surface area contributed by atoms with Crippen molar-refractivity contribution in [1.29, 1.82) is 0 Å². The number of fused-ring (bicyclic) bond motifs is 1. The van der Waals surface area contributed by atoms with Crippen LogP contribution < -0.4 is 10.6 Å². The molecule has 0 radical (unpaired) electrons. The molecule has 172 valence electrons. The van der Waals surface area contributed by atoms with Gasteiger partial charge in [0.2, 0.25) is 0 Å². The number of nitrogens with one attached hydrogen (secondary N) is 2. The zero-order valence-electron chi connectivity index (χ0n) is 19.6. The summed E-state index contributed by atoms with van der Waals surface area (Å²) in [5.41, 5.74) is 4.86. The zero-order valence-corrected chi connectivity index (χ0v) is 19.6. The van der Waals surface area contributed by atoms with Gasteiger partial charge >= 0.3 is 0 Å². The lowest BCUT2D eigenvalue weighted by molar-refractivity contribution is 0.623. The summed E-state index contributed by atoms with van der Waals surface area (Å²) in [5.74, 6) is 0.469. The lowest BCUT2D eigenvalue weighted by Crippen LogP contribution is -2.16. The number of hydrogen-bond acceptors (Lipinski definition) is 4. The van der Waals surface area contributed by atoms with Crippen molar-refractivity contribution in [3.63, 3.8) is 0 Å². The van der Waals surface area contributed by atoms with E-state index in [2.05, 4.69) is 58.8 Å². The third-order valence-corrected chi connectivity index (χ3v) is 5.68. The van der Waals surface area contributed by atoms with Gasteiger partial charge < -0.3 is 10.6 Å². The summed E-state index contributed by atoms with van der Waals surface area (Å²) in [4.78, 5) is 4.43. The van der Waals surface area contributed by atoms with Gasteiger partial charge in [0.15, 0.2) is 5.65 Å². The zero-order chi connectivity index (χ0) is 23.2. The number of halogens is 1. The number of rotatable bonds is 7. The molecule has 1 atom stereocenters. The number of nitrogens with zero attached hydrogens (tertiary/aromatic N) is 3. The first-order valence-corrected chi connectivity index (χ1v) is 11.7. The molecule has 1 fully saturated rings. The van der Waals surface area contributed by atoms with Gasteiger partial charge in [-0.15, -0.1) is 5.10 Å². The van der Waals surface area contributed by atoms with Crippen LogP contribution in [-0.2, 0) is 0 Å². The van der Waals surface area contributed by atoms with Crippen LogP contribution in [0.1, 0.15) is 50.3 Å². The Hall–Kier alpha value is -3.25. The summed E-state index contributed by atoms with van der Waals surface area (Å²) in [6, 6.07) is 19.5. The third kappa shape index (κ3) is 6.17. The summed E-state index contributed by atoms with van der Waals surface area (Å²) in [5, 5.41) is 11.4. The molecule has 1 aliphatic carbocycles. The second kappa shape index (κ2) is 10.6. The predicted molar refractivity (Wildman–Crippen MR) is 133 cm³/mol. The maximum atomic E-state index is 13.4. The monoisotopic (exact) mass is 445 g/mol. The summed E-state index contributed by atoms with van der Waals surface area (Å²) in [6.07, 6.45) is 5.93. The Morgan fingerprint density at radius 3 is 2.58 bits per heavy atom. The normalized spacial score (nSPS) is 13.9. The molecule has 1 aliphatic rings. The Labute approximate surface area is 195 Å². The topological polar surface area (TPSA) is 54.2 Å². The Kier molecular flexibility index (Phi) is 7.35. The molecule has 0 aliphatic heterocycles. The molecule has 5 rings (SSSR count). The van der Waals surface area contributed by atoms with Crippen molar-refractivity contribution in [3.05, 3.63) is 83.8 Å². The van der Waals surface area contributed by atoms with E-state index >= 15 is 0 Å². The highest BCUT2D eigenvalue weighted by Gasteiger charge is 2.18. The van der Waals surface area contributed by atoms with Crippen LogP contribution in [0.15, 0.2) is 66.9 Å². The summed E-state index contributed by atoms with van der Waals surface area (Å²) in [7, 11) is 0. The molecule has 0 bridgehead atoms. The van der Waals surface area contributed by atoms with Crippen LogP contribution in [0, 0.1) is 12.7 Å². The molecule has 2 aromatic heterocycles. The van der Waals surface area contributed by atoms with Gasteiger partial charge in [-0.25, -0.2) is 13.9 Å². The fourth-order valence-electron chi connectivity index (χ4n) is 3.59. The Balaban J connectivity index is 0.000000318. The van der Waals surface area contributed by atoms with Gasteiger partial charge in [0, 0.05) is 11.6 Å². The lowest BCUT2D eigenvalue weighted by atomic mass is 10.1. The summed E-state index contributed by atoms with van der Waals surface area (Å²) in [6.45, 7) is 7.46. The van der Waals surface area contributed by atoms with Crippen molar-refractivity contribution >= 4 is 11.5 Å². The Bertz CT molecular complexity index is 1180. The SMILES string of the molecule is CCCNC1CC1.Cc1ccc(-c2cnc3ccc(NC(C)c4cccc(F)c4)nn23)cc1. The summed E-state index contributed by atoms with van der Waals surface area (Å²) < 4.78 is 15.3. The van der Waals surface area contributed by atoms with Crippen LogP contribution in [-0.4, -0.2) is 27.2 Å². The van der Waals surface area contributed by atoms with Crippen LogP contribution in [0.5, 0.6) is 0 Å². The number of anilines is 1. The molecule has 2 N–H and O–H groups in total. The number of aryl methyl sites for hydroxylation is 1. The molecular formula is C27H32FN5. The second-order valence-corrected chi connectivity index (χ2v) is 8.65. The maximum absolute atomic E-state index is 13.4. The molecule has 1 saturated carbocycles. The molecular weight excluding hydrogens is 413 g/mol. The number of benzene rings is 2. The molecule has 0 amide bonds. The predicted octanol–water partition coefficient (Wildman–Crippen LogP) is 6.17. The number of imidazole rings is 1. The Morgan fingerprint density at radius 1 is 1.09 bits per heavy atom. The van der Waals surface area contributed by atoms with Crippen molar-refractivity contribution in [1.82, 2.24) is 19.9 Å². The van der Waals surface area contributed by atoms with Crippen LogP contribution in [0.2, 0.25) is 0 Å². The Morgan fingerprint density at radius 2 is 1.88 bits per heavy atom. The minimum atomic E-state index is -0.240. The van der Waals surface area contributed by atoms with Crippen molar-refractivity contribution in [2.75, 3.05) is 11.9 Å². The van der Waals surface area contributed by atoms with E-state index in [0.717, 1.165) is 28.5 Å². The van der Waals surface area contributed by atoms with Crippen LogP contribution in [0.4, 0.5) is 10.2 Å². The molecule has 1 unspecified atom stereocenters. The molecule has 0 spiro atoms. The van der Waals surface area contributed by atoms with Crippen molar-refractivity contribution < 1.29 is 4.39 Å². The van der Waals surface area contributed by atoms with E-state index in [1.165, 1.54) is 43.5 Å². The summed E-state index contributed by atoms with van der Waals surface area (Å²) >= 11 is 0. The molecule has 6 heteroatoms. The highest BCUT2D eigenvalue weighted by molar-refractivity contribution is 5.64. The van der Waals surface area contributed by atoms with E-state index < -0.39 is 0 Å². The third-order valence-electron chi connectivity index (χ3n) is 5.68. The molecule has 0 saturated heterocycles. The highest BCUT2D eigenvalue weighted by atomic mass is 19.1. The fraction of sp³-hybridized carbons (Fsp3) is 0.333. The molecule has 5 nitrogen and oxygen atoms in total. The van der Waals surface area contributed by atoms with Crippen molar-refractivity contribution in [3.8, 4) is 11.3 Å². The standard InChI is InChI=1S/C21H19FN4.C6H13N/c1-14-6-8-16(9-7-14)19-13-23-21-11-10-20(25-26(19)21)24-15(2)17-4-3-5-18(22)12-17;1-2-5-7-6-3-4-6/h3-13,15H,1-2H3,(H,24,25);6-7H,2-5H2,1H3. The van der Waals surface area contributed by atoms with Gasteiger partial charge in [-0.3, -0.25) is 0 Å². The smallest absolute Gasteiger partial charge is 0.154 e. The maximum Gasteiger partial charge on any atom is 0.154 e. The van der Waals surface area contributed by atoms with E-state index in [0.29, 0.717) is 5.82 Å². The average molecular weight is 446 g/mol. The van der Waals surface area contributed by atoms with Crippen LogP contribution >= 0.6 is 0 Å². The fourth-order valence-corrected chi connectivity index (χ4v) is 3.59. The molecule has 2 heterocycles. The van der Waals surface area contributed by atoms with E-state index in [-0.39, 0.29) is 11.9 Å². The van der Waals surface area contributed by atoms with E-state index in [1.54, 1.807) is 6.07 Å². The average Bonchev–Trinajstić information content (AvgIpc) is 3.56. The van der Waals surface area contributed by atoms with Gasteiger partial charge in [0.05, 0.1) is 17.9 Å². The van der Waals surface area contributed by atoms with E-state index in [4.69, 9.17) is 0 Å². The van der Waals surface area contributed by atoms with Gasteiger partial charge in [0.1, 0.15) is 11.6 Å². The van der Waals surface area contributed by atoms with Gasteiger partial charge in [0.25, 0.3) is 0 Å². The quantitative estimate of drug-likeness (QED) is 0.357. The number of aromatic nitrogens is 3. The first kappa shape index (κ1) is 22.9. The first-order valence-electron chi connectivity index (χ1n) is 11.7. The van der Waals surface area contributed by atoms with Gasteiger partial charge in [-0.1, -0.05) is 48.9 Å². The molecule has 4 aromatic rings. The first-order chi connectivity index (χ1) is 16.0. The minimum absolute atomic E-state index is 0.0676.